The minimum atomic E-state index is -0.516. The van der Waals surface area contributed by atoms with E-state index in [1.54, 1.807) is 11.9 Å². The standard InChI is InChI=1S/C15H25N3O2S/c1-14(2,3)10-11-9-12(20-17-11)16-13(19)15(4,5)21-18-7-6-8-18/h9H,6-8,10H2,1-5H3,(H,16,19). The molecule has 0 spiro atoms. The van der Waals surface area contributed by atoms with Crippen molar-refractivity contribution >= 4 is 23.7 Å². The predicted molar refractivity (Wildman–Crippen MR) is 86.2 cm³/mol. The summed E-state index contributed by atoms with van der Waals surface area (Å²) in [6, 6.07) is 1.81. The van der Waals surface area contributed by atoms with Gasteiger partial charge < -0.3 is 4.52 Å². The van der Waals surface area contributed by atoms with E-state index in [1.165, 1.54) is 6.42 Å². The maximum absolute atomic E-state index is 12.4. The van der Waals surface area contributed by atoms with Crippen LogP contribution in [0, 0.1) is 5.41 Å². The number of carbonyl (C=O) groups is 1. The SMILES string of the molecule is CC(C)(C)Cc1cc(NC(=O)C(C)(C)SN2CCC2)on1. The molecule has 2 rings (SSSR count). The molecular weight excluding hydrogens is 286 g/mol. The molecule has 1 aromatic heterocycles. The van der Waals surface area contributed by atoms with Crippen molar-refractivity contribution in [3.8, 4) is 0 Å². The van der Waals surface area contributed by atoms with E-state index < -0.39 is 4.75 Å². The zero-order chi connectivity index (χ0) is 15.7. The van der Waals surface area contributed by atoms with Gasteiger partial charge in [0.25, 0.3) is 0 Å². The Morgan fingerprint density at radius 3 is 2.57 bits per heavy atom. The van der Waals surface area contributed by atoms with Crippen LogP contribution >= 0.6 is 11.9 Å². The van der Waals surface area contributed by atoms with Gasteiger partial charge >= 0.3 is 0 Å². The molecule has 0 aliphatic carbocycles. The molecule has 1 N–H and O–H groups in total. The summed E-state index contributed by atoms with van der Waals surface area (Å²) in [6.45, 7) is 12.4. The van der Waals surface area contributed by atoms with E-state index in [0.717, 1.165) is 25.2 Å². The first-order chi connectivity index (χ1) is 9.66. The predicted octanol–water partition coefficient (Wildman–Crippen LogP) is 3.33. The molecule has 1 amide bonds. The van der Waals surface area contributed by atoms with Crippen molar-refractivity contribution in [1.29, 1.82) is 0 Å². The van der Waals surface area contributed by atoms with Gasteiger partial charge in [-0.1, -0.05) is 37.9 Å². The van der Waals surface area contributed by atoms with Crippen molar-refractivity contribution in [3.63, 3.8) is 0 Å². The first-order valence-corrected chi connectivity index (χ1v) is 8.14. The molecule has 0 unspecified atom stereocenters. The fourth-order valence-corrected chi connectivity index (χ4v) is 3.22. The minimum Gasteiger partial charge on any atom is -0.338 e. The van der Waals surface area contributed by atoms with Crippen molar-refractivity contribution in [1.82, 2.24) is 9.46 Å². The Morgan fingerprint density at radius 2 is 2.05 bits per heavy atom. The van der Waals surface area contributed by atoms with E-state index in [2.05, 4.69) is 35.5 Å². The Hall–Kier alpha value is -1.01. The van der Waals surface area contributed by atoms with Gasteiger partial charge in [0, 0.05) is 19.2 Å². The van der Waals surface area contributed by atoms with Gasteiger partial charge in [-0.2, -0.15) is 0 Å². The van der Waals surface area contributed by atoms with Crippen LogP contribution in [0.2, 0.25) is 0 Å². The molecule has 0 radical (unpaired) electrons. The van der Waals surface area contributed by atoms with Crippen molar-refractivity contribution < 1.29 is 9.32 Å². The molecule has 0 saturated carbocycles. The number of hydrogen-bond acceptors (Lipinski definition) is 5. The molecule has 118 valence electrons. The van der Waals surface area contributed by atoms with E-state index >= 15 is 0 Å². The molecule has 1 fully saturated rings. The first kappa shape index (κ1) is 16.4. The average Bonchev–Trinajstić information content (AvgIpc) is 2.68. The van der Waals surface area contributed by atoms with Gasteiger partial charge in [-0.3, -0.25) is 10.1 Å². The third kappa shape index (κ3) is 4.74. The van der Waals surface area contributed by atoms with E-state index in [1.807, 2.05) is 19.9 Å². The molecule has 0 atom stereocenters. The van der Waals surface area contributed by atoms with Crippen LogP contribution in [-0.2, 0) is 11.2 Å². The Morgan fingerprint density at radius 1 is 1.38 bits per heavy atom. The molecule has 5 nitrogen and oxygen atoms in total. The number of anilines is 1. The van der Waals surface area contributed by atoms with Gasteiger partial charge in [0.15, 0.2) is 0 Å². The second kappa shape index (κ2) is 6.01. The lowest BCUT2D eigenvalue weighted by Gasteiger charge is -2.35. The summed E-state index contributed by atoms with van der Waals surface area (Å²) in [7, 11) is 0. The van der Waals surface area contributed by atoms with E-state index in [4.69, 9.17) is 4.52 Å². The maximum Gasteiger partial charge on any atom is 0.243 e. The maximum atomic E-state index is 12.4. The zero-order valence-corrected chi connectivity index (χ0v) is 14.3. The molecule has 2 heterocycles. The van der Waals surface area contributed by atoms with Gasteiger partial charge in [-0.15, -0.1) is 0 Å². The Balaban J connectivity index is 1.92. The molecule has 6 heteroatoms. The van der Waals surface area contributed by atoms with Crippen LogP contribution in [0.1, 0.15) is 46.7 Å². The van der Waals surface area contributed by atoms with Gasteiger partial charge in [0.2, 0.25) is 11.8 Å². The van der Waals surface area contributed by atoms with Crippen molar-refractivity contribution in [2.24, 2.45) is 5.41 Å². The number of nitrogens with zero attached hydrogens (tertiary/aromatic N) is 2. The highest BCUT2D eigenvalue weighted by atomic mass is 32.2. The highest BCUT2D eigenvalue weighted by Crippen LogP contribution is 2.33. The summed E-state index contributed by atoms with van der Waals surface area (Å²) in [5.41, 5.74) is 1.01. The largest absolute Gasteiger partial charge is 0.338 e. The quantitative estimate of drug-likeness (QED) is 0.845. The average molecular weight is 311 g/mol. The van der Waals surface area contributed by atoms with Crippen LogP contribution in [0.4, 0.5) is 5.88 Å². The van der Waals surface area contributed by atoms with Crippen LogP contribution in [0.25, 0.3) is 0 Å². The van der Waals surface area contributed by atoms with Gasteiger partial charge in [0.05, 0.1) is 5.69 Å². The van der Waals surface area contributed by atoms with Crippen molar-refractivity contribution in [2.75, 3.05) is 18.4 Å². The highest BCUT2D eigenvalue weighted by molar-refractivity contribution is 7.99. The van der Waals surface area contributed by atoms with Crippen molar-refractivity contribution in [2.45, 2.75) is 52.2 Å². The second-order valence-corrected chi connectivity index (χ2v) is 8.98. The molecule has 1 saturated heterocycles. The summed E-state index contributed by atoms with van der Waals surface area (Å²) in [4.78, 5) is 12.4. The smallest absolute Gasteiger partial charge is 0.243 e. The van der Waals surface area contributed by atoms with Gasteiger partial charge in [-0.25, -0.2) is 4.31 Å². The Labute approximate surface area is 130 Å². The molecule has 1 aromatic rings. The van der Waals surface area contributed by atoms with Crippen LogP contribution in [0.15, 0.2) is 10.6 Å². The monoisotopic (exact) mass is 311 g/mol. The third-order valence-corrected chi connectivity index (χ3v) is 4.49. The van der Waals surface area contributed by atoms with Crippen LogP contribution in [-0.4, -0.2) is 33.2 Å². The molecule has 0 bridgehead atoms. The lowest BCUT2D eigenvalue weighted by atomic mass is 9.91. The number of nitrogens with one attached hydrogen (secondary N) is 1. The molecule has 21 heavy (non-hydrogen) atoms. The van der Waals surface area contributed by atoms with Gasteiger partial charge in [-0.05, 0) is 32.1 Å². The summed E-state index contributed by atoms with van der Waals surface area (Å²) < 4.78 is 6.91. The Kier molecular flexibility index (Phi) is 4.68. The highest BCUT2D eigenvalue weighted by Gasteiger charge is 2.33. The summed E-state index contributed by atoms with van der Waals surface area (Å²) in [6.07, 6.45) is 2.03. The fraction of sp³-hybridized carbons (Fsp3) is 0.733. The van der Waals surface area contributed by atoms with Gasteiger partial charge in [0.1, 0.15) is 4.75 Å². The number of amides is 1. The normalized spacial score (nSPS) is 16.6. The topological polar surface area (TPSA) is 58.4 Å². The summed E-state index contributed by atoms with van der Waals surface area (Å²) >= 11 is 1.59. The van der Waals surface area contributed by atoms with E-state index in [-0.39, 0.29) is 11.3 Å². The molecule has 1 aliphatic heterocycles. The lowest BCUT2D eigenvalue weighted by Crippen LogP contribution is -2.41. The van der Waals surface area contributed by atoms with E-state index in [0.29, 0.717) is 5.88 Å². The first-order valence-electron chi connectivity index (χ1n) is 7.37. The third-order valence-electron chi connectivity index (χ3n) is 3.23. The van der Waals surface area contributed by atoms with Crippen LogP contribution in [0.5, 0.6) is 0 Å². The minimum absolute atomic E-state index is 0.0575. The molecular formula is C15H25N3O2S. The van der Waals surface area contributed by atoms with Crippen LogP contribution < -0.4 is 5.32 Å². The summed E-state index contributed by atoms with van der Waals surface area (Å²) in [5, 5.41) is 6.84. The van der Waals surface area contributed by atoms with E-state index in [9.17, 15) is 4.79 Å². The fourth-order valence-electron chi connectivity index (χ4n) is 2.00. The molecule has 1 aliphatic rings. The number of aromatic nitrogens is 1. The lowest BCUT2D eigenvalue weighted by molar-refractivity contribution is -0.117. The Bertz CT molecular complexity index is 501. The van der Waals surface area contributed by atoms with Crippen molar-refractivity contribution in [3.05, 3.63) is 11.8 Å². The van der Waals surface area contributed by atoms with Crippen LogP contribution in [0.3, 0.4) is 0 Å². The summed E-state index contributed by atoms with van der Waals surface area (Å²) in [5.74, 6) is 0.370. The zero-order valence-electron chi connectivity index (χ0n) is 13.5. The number of hydrogen-bond donors (Lipinski definition) is 1. The number of carbonyl (C=O) groups excluding carboxylic acids is 1. The second-order valence-electron chi connectivity index (χ2n) is 7.26. The number of rotatable bonds is 5. The molecule has 0 aromatic carbocycles.